The molecule has 6 heteroatoms. The molecule has 0 aromatic heterocycles. The number of unbranched alkanes of at least 4 members (excludes halogenated alkanes) is 1. The number of hydrogen-bond donors (Lipinski definition) is 1. The number of anilines is 1. The standard InChI is InChI=1S/C20H28N2O4/c1-6-7-10-26-17-16-11-15(23)9-8-14(16)12-22(13-20(2,3)4)18(17)21(5)19(24)25/h8-9,11-12H,6-7,10,13H2,1-5H3,(H,24,25). The number of aromatic nitrogens is 1. The molecule has 2 rings (SSSR count). The van der Waals surface area contributed by atoms with Crippen molar-refractivity contribution in [3.63, 3.8) is 0 Å². The summed E-state index contributed by atoms with van der Waals surface area (Å²) in [5.41, 5.74) is 1.30. The van der Waals surface area contributed by atoms with Gasteiger partial charge in [-0.1, -0.05) is 34.1 Å². The van der Waals surface area contributed by atoms with Crippen LogP contribution in [0.5, 0.6) is 5.75 Å². The highest BCUT2D eigenvalue weighted by molar-refractivity contribution is 5.90. The van der Waals surface area contributed by atoms with Gasteiger partial charge in [0, 0.05) is 30.9 Å². The van der Waals surface area contributed by atoms with Crippen molar-refractivity contribution < 1.29 is 14.6 Å². The summed E-state index contributed by atoms with van der Waals surface area (Å²) >= 11 is 0. The predicted molar refractivity (Wildman–Crippen MR) is 104 cm³/mol. The molecule has 0 spiro atoms. The number of carboxylic acid groups (broad SMARTS) is 1. The lowest BCUT2D eigenvalue weighted by Gasteiger charge is -2.30. The molecule has 0 radical (unpaired) electrons. The van der Waals surface area contributed by atoms with Crippen LogP contribution in [0.25, 0.3) is 11.1 Å². The summed E-state index contributed by atoms with van der Waals surface area (Å²) in [4.78, 5) is 24.8. The first-order valence-corrected chi connectivity index (χ1v) is 8.90. The highest BCUT2D eigenvalue weighted by Crippen LogP contribution is 2.40. The van der Waals surface area contributed by atoms with Gasteiger partial charge in [-0.15, -0.1) is 0 Å². The van der Waals surface area contributed by atoms with E-state index in [2.05, 4.69) is 27.7 Å². The second-order valence-corrected chi connectivity index (χ2v) is 7.76. The Morgan fingerprint density at radius 2 is 2.00 bits per heavy atom. The molecule has 1 aliphatic heterocycles. The second-order valence-electron chi connectivity index (χ2n) is 7.76. The molecule has 0 saturated heterocycles. The Kier molecular flexibility index (Phi) is 5.95. The van der Waals surface area contributed by atoms with Crippen LogP contribution in [0.15, 0.2) is 29.2 Å². The monoisotopic (exact) mass is 360 g/mol. The Morgan fingerprint density at radius 3 is 2.58 bits per heavy atom. The number of ether oxygens (including phenoxy) is 1. The Hall–Kier alpha value is -2.50. The number of pyridine rings is 1. The number of benzene rings is 1. The summed E-state index contributed by atoms with van der Waals surface area (Å²) in [6, 6.07) is 4.78. The van der Waals surface area contributed by atoms with Gasteiger partial charge in [0.2, 0.25) is 0 Å². The quantitative estimate of drug-likeness (QED) is 0.780. The van der Waals surface area contributed by atoms with E-state index in [1.54, 1.807) is 6.07 Å². The summed E-state index contributed by atoms with van der Waals surface area (Å²) in [7, 11) is 1.50. The van der Waals surface area contributed by atoms with Crippen LogP contribution in [0, 0.1) is 5.41 Å². The largest absolute Gasteiger partial charge is 0.489 e. The summed E-state index contributed by atoms with van der Waals surface area (Å²) in [5, 5.41) is 9.58. The van der Waals surface area contributed by atoms with Crippen molar-refractivity contribution in [3.05, 3.63) is 34.6 Å². The van der Waals surface area contributed by atoms with Crippen molar-refractivity contribution in [3.8, 4) is 16.9 Å². The van der Waals surface area contributed by atoms with E-state index in [1.165, 1.54) is 19.2 Å². The van der Waals surface area contributed by atoms with Crippen LogP contribution in [0.1, 0.15) is 40.5 Å². The zero-order valence-corrected chi connectivity index (χ0v) is 16.2. The van der Waals surface area contributed by atoms with E-state index in [1.807, 2.05) is 10.8 Å². The zero-order chi connectivity index (χ0) is 19.5. The first-order valence-electron chi connectivity index (χ1n) is 8.90. The minimum absolute atomic E-state index is 0.0639. The molecule has 1 N–H and O–H groups in total. The number of fused-ring (bicyclic) bond motifs is 1. The van der Waals surface area contributed by atoms with E-state index in [0.29, 0.717) is 30.3 Å². The highest BCUT2D eigenvalue weighted by atomic mass is 16.5. The Morgan fingerprint density at radius 1 is 1.31 bits per heavy atom. The fourth-order valence-electron chi connectivity index (χ4n) is 2.85. The summed E-state index contributed by atoms with van der Waals surface area (Å²) in [6.07, 6.45) is 2.62. The van der Waals surface area contributed by atoms with Crippen molar-refractivity contribution in [2.75, 3.05) is 18.6 Å². The second kappa shape index (κ2) is 7.81. The van der Waals surface area contributed by atoms with E-state index in [4.69, 9.17) is 4.74 Å². The lowest BCUT2D eigenvalue weighted by molar-refractivity contribution is 0.202. The molecule has 1 amide bonds. The van der Waals surface area contributed by atoms with Crippen molar-refractivity contribution in [1.29, 1.82) is 0 Å². The maximum atomic E-state index is 11.9. The molecule has 1 heterocycles. The van der Waals surface area contributed by atoms with Gasteiger partial charge < -0.3 is 14.4 Å². The molecule has 142 valence electrons. The third-order valence-corrected chi connectivity index (χ3v) is 4.03. The smallest absolute Gasteiger partial charge is 0.412 e. The number of hydrogen-bond acceptors (Lipinski definition) is 3. The third kappa shape index (κ3) is 4.56. The molecular weight excluding hydrogens is 332 g/mol. The van der Waals surface area contributed by atoms with E-state index >= 15 is 0 Å². The van der Waals surface area contributed by atoms with Gasteiger partial charge in [-0.3, -0.25) is 9.69 Å². The average Bonchev–Trinajstić information content (AvgIpc) is 2.53. The third-order valence-electron chi connectivity index (χ3n) is 4.03. The normalized spacial score (nSPS) is 11.6. The lowest BCUT2D eigenvalue weighted by atomic mass is 9.96. The van der Waals surface area contributed by atoms with Gasteiger partial charge in [0.25, 0.3) is 0 Å². The minimum Gasteiger partial charge on any atom is -0.489 e. The predicted octanol–water partition coefficient (Wildman–Crippen LogP) is 4.29. The zero-order valence-electron chi connectivity index (χ0n) is 16.2. The van der Waals surface area contributed by atoms with Gasteiger partial charge in [0.05, 0.1) is 6.61 Å². The van der Waals surface area contributed by atoms with Crippen LogP contribution in [0.3, 0.4) is 0 Å². The van der Waals surface area contributed by atoms with E-state index in [0.717, 1.165) is 23.3 Å². The molecule has 1 aliphatic carbocycles. The van der Waals surface area contributed by atoms with Crippen molar-refractivity contribution in [2.45, 2.75) is 47.1 Å². The number of rotatable bonds is 6. The van der Waals surface area contributed by atoms with Crippen LogP contribution >= 0.6 is 0 Å². The van der Waals surface area contributed by atoms with Crippen molar-refractivity contribution in [2.24, 2.45) is 5.41 Å². The molecule has 0 aromatic rings. The molecule has 0 bridgehead atoms. The van der Waals surface area contributed by atoms with Gasteiger partial charge in [0.15, 0.2) is 17.0 Å². The van der Waals surface area contributed by atoms with E-state index in [9.17, 15) is 14.7 Å². The first-order chi connectivity index (χ1) is 12.1. The maximum absolute atomic E-state index is 11.9. The Labute approximate surface area is 154 Å². The van der Waals surface area contributed by atoms with Gasteiger partial charge in [-0.25, -0.2) is 4.79 Å². The summed E-state index contributed by atoms with van der Waals surface area (Å²) < 4.78 is 7.91. The lowest BCUT2D eigenvalue weighted by Crippen LogP contribution is -2.30. The van der Waals surface area contributed by atoms with Gasteiger partial charge in [-0.05, 0) is 30.0 Å². The average molecular weight is 360 g/mol. The highest BCUT2D eigenvalue weighted by Gasteiger charge is 2.26. The SMILES string of the molecule is CCCCOc1c2cc(=O)ccc-2cn(CC(C)(C)C)c1N(C)C(=O)O. The molecule has 26 heavy (non-hydrogen) atoms. The Balaban J connectivity index is 2.76. The van der Waals surface area contributed by atoms with Gasteiger partial charge in [-0.2, -0.15) is 0 Å². The first kappa shape index (κ1) is 19.8. The minimum atomic E-state index is -1.08. The fraction of sp³-hybridized carbons (Fsp3) is 0.500. The fourth-order valence-corrected chi connectivity index (χ4v) is 2.85. The van der Waals surface area contributed by atoms with E-state index < -0.39 is 6.09 Å². The molecule has 0 aromatic carbocycles. The van der Waals surface area contributed by atoms with Crippen LogP contribution in [0.4, 0.5) is 10.6 Å². The maximum Gasteiger partial charge on any atom is 0.412 e. The molecule has 0 atom stereocenters. The van der Waals surface area contributed by atoms with Crippen LogP contribution in [-0.2, 0) is 6.54 Å². The number of amides is 1. The molecule has 0 fully saturated rings. The Bertz CT molecular complexity index is 805. The van der Waals surface area contributed by atoms with Gasteiger partial charge >= 0.3 is 6.09 Å². The number of nitrogens with zero attached hydrogens (tertiary/aromatic N) is 2. The van der Waals surface area contributed by atoms with Crippen molar-refractivity contribution >= 4 is 11.9 Å². The summed E-state index contributed by atoms with van der Waals surface area (Å²) in [6.45, 7) is 9.41. The van der Waals surface area contributed by atoms with Crippen LogP contribution in [0.2, 0.25) is 0 Å². The topological polar surface area (TPSA) is 71.8 Å². The molecule has 6 nitrogen and oxygen atoms in total. The molecular formula is C20H28N2O4. The van der Waals surface area contributed by atoms with E-state index in [-0.39, 0.29) is 10.8 Å². The van der Waals surface area contributed by atoms with Crippen LogP contribution in [-0.4, -0.2) is 29.4 Å². The molecule has 0 unspecified atom stereocenters. The molecule has 2 aliphatic rings. The summed E-state index contributed by atoms with van der Waals surface area (Å²) in [5.74, 6) is 0.893. The van der Waals surface area contributed by atoms with Crippen LogP contribution < -0.4 is 15.1 Å². The molecule has 0 saturated carbocycles. The number of carbonyl (C=O) groups is 1. The van der Waals surface area contributed by atoms with Crippen molar-refractivity contribution in [1.82, 2.24) is 4.57 Å². The van der Waals surface area contributed by atoms with Gasteiger partial charge in [0.1, 0.15) is 0 Å².